The maximum atomic E-state index is 12.9. The molecule has 0 bridgehead atoms. The molecule has 2 aromatic heterocycles. The van der Waals surface area contributed by atoms with Crippen LogP contribution in [-0.4, -0.2) is 25.2 Å². The predicted molar refractivity (Wildman–Crippen MR) is 94.0 cm³/mol. The SMILES string of the molecule is C[C@@H](NC(=O)C1(Cn2ccnc2)CC1)c1ccccc1-n1cccn1. The summed E-state index contributed by atoms with van der Waals surface area (Å²) in [5, 5.41) is 7.51. The zero-order valence-corrected chi connectivity index (χ0v) is 14.2. The zero-order chi connectivity index (χ0) is 17.3. The molecule has 4 rings (SSSR count). The maximum absolute atomic E-state index is 12.9. The quantitative estimate of drug-likeness (QED) is 0.753. The van der Waals surface area contributed by atoms with Crippen LogP contribution < -0.4 is 5.32 Å². The van der Waals surface area contributed by atoms with Crippen LogP contribution in [0.15, 0.2) is 61.4 Å². The standard InChI is InChI=1S/C19H21N5O/c1-15(16-5-2-3-6-17(16)24-11-4-9-21-24)22-18(25)19(7-8-19)13-23-12-10-20-14-23/h2-6,9-12,14-15H,7-8,13H2,1H3,(H,22,25)/t15-/m1/s1. The zero-order valence-electron chi connectivity index (χ0n) is 14.2. The average Bonchev–Trinajstić information content (AvgIpc) is 3.04. The van der Waals surface area contributed by atoms with Gasteiger partial charge in [0.15, 0.2) is 0 Å². The van der Waals surface area contributed by atoms with Crippen LogP contribution in [0.2, 0.25) is 0 Å². The largest absolute Gasteiger partial charge is 0.349 e. The molecule has 1 fully saturated rings. The summed E-state index contributed by atoms with van der Waals surface area (Å²) in [5.41, 5.74) is 1.74. The number of hydrogen-bond donors (Lipinski definition) is 1. The highest BCUT2D eigenvalue weighted by Crippen LogP contribution is 2.47. The Morgan fingerprint density at radius 3 is 2.76 bits per heavy atom. The van der Waals surface area contributed by atoms with Crippen LogP contribution >= 0.6 is 0 Å². The smallest absolute Gasteiger partial charge is 0.228 e. The Kier molecular flexibility index (Phi) is 3.87. The Labute approximate surface area is 146 Å². The molecule has 1 N–H and O–H groups in total. The Bertz CT molecular complexity index is 850. The molecule has 0 aliphatic heterocycles. The molecule has 3 aromatic rings. The Hall–Kier alpha value is -2.89. The number of nitrogens with one attached hydrogen (secondary N) is 1. The average molecular weight is 335 g/mol. The van der Waals surface area contributed by atoms with Crippen LogP contribution in [0.1, 0.15) is 31.4 Å². The van der Waals surface area contributed by atoms with E-state index in [-0.39, 0.29) is 17.4 Å². The molecule has 1 aliphatic rings. The van der Waals surface area contributed by atoms with Gasteiger partial charge >= 0.3 is 0 Å². The fourth-order valence-corrected chi connectivity index (χ4v) is 3.24. The molecule has 6 heteroatoms. The topological polar surface area (TPSA) is 64.7 Å². The molecule has 0 unspecified atom stereocenters. The second-order valence-electron chi connectivity index (χ2n) is 6.72. The molecule has 6 nitrogen and oxygen atoms in total. The van der Waals surface area contributed by atoms with Gasteiger partial charge in [-0.3, -0.25) is 4.79 Å². The van der Waals surface area contributed by atoms with E-state index in [9.17, 15) is 4.79 Å². The summed E-state index contributed by atoms with van der Waals surface area (Å²) < 4.78 is 3.81. The predicted octanol–water partition coefficient (Wildman–Crippen LogP) is 2.73. The number of amides is 1. The molecule has 1 aromatic carbocycles. The Morgan fingerprint density at radius 1 is 1.24 bits per heavy atom. The first-order valence-corrected chi connectivity index (χ1v) is 8.54. The number of aromatic nitrogens is 4. The minimum atomic E-state index is -0.296. The first kappa shape index (κ1) is 15.6. The molecule has 2 heterocycles. The van der Waals surface area contributed by atoms with Crippen LogP contribution in [0.25, 0.3) is 5.69 Å². The molecule has 128 valence electrons. The molecule has 1 atom stereocenters. The first-order chi connectivity index (χ1) is 12.2. The number of carbonyl (C=O) groups excluding carboxylic acids is 1. The summed E-state index contributed by atoms with van der Waals surface area (Å²) in [6.07, 6.45) is 10.9. The lowest BCUT2D eigenvalue weighted by atomic mass is 10.0. The van der Waals surface area contributed by atoms with Crippen LogP contribution in [0.3, 0.4) is 0 Å². The normalized spacial score (nSPS) is 16.4. The molecule has 0 radical (unpaired) electrons. The summed E-state index contributed by atoms with van der Waals surface area (Å²) in [5.74, 6) is 0.115. The van der Waals surface area contributed by atoms with E-state index >= 15 is 0 Å². The van der Waals surface area contributed by atoms with E-state index in [0.29, 0.717) is 6.54 Å². The number of para-hydroxylation sites is 1. The number of nitrogens with zero attached hydrogens (tertiary/aromatic N) is 4. The highest BCUT2D eigenvalue weighted by atomic mass is 16.2. The molecular weight excluding hydrogens is 314 g/mol. The van der Waals surface area contributed by atoms with Crippen molar-refractivity contribution in [3.63, 3.8) is 0 Å². The van der Waals surface area contributed by atoms with E-state index in [1.165, 1.54) is 0 Å². The van der Waals surface area contributed by atoms with Gasteiger partial charge in [-0.1, -0.05) is 18.2 Å². The highest BCUT2D eigenvalue weighted by Gasteiger charge is 2.50. The van der Waals surface area contributed by atoms with E-state index in [1.807, 2.05) is 58.9 Å². The van der Waals surface area contributed by atoms with Gasteiger partial charge in [-0.05, 0) is 37.5 Å². The summed E-state index contributed by atoms with van der Waals surface area (Å²) >= 11 is 0. The molecule has 0 saturated heterocycles. The lowest BCUT2D eigenvalue weighted by Gasteiger charge is -2.22. The fraction of sp³-hybridized carbons (Fsp3) is 0.316. The van der Waals surface area contributed by atoms with Gasteiger partial charge in [-0.15, -0.1) is 0 Å². The minimum absolute atomic E-state index is 0.0897. The van der Waals surface area contributed by atoms with Crippen LogP contribution in [0.5, 0.6) is 0 Å². The maximum Gasteiger partial charge on any atom is 0.228 e. The van der Waals surface area contributed by atoms with Gasteiger partial charge in [0.05, 0.1) is 23.5 Å². The number of rotatable bonds is 6. The first-order valence-electron chi connectivity index (χ1n) is 8.54. The van der Waals surface area contributed by atoms with E-state index in [2.05, 4.69) is 15.4 Å². The molecule has 25 heavy (non-hydrogen) atoms. The van der Waals surface area contributed by atoms with Crippen LogP contribution in [-0.2, 0) is 11.3 Å². The third-order valence-corrected chi connectivity index (χ3v) is 4.88. The monoisotopic (exact) mass is 335 g/mol. The summed E-state index contributed by atoms with van der Waals surface area (Å²) in [7, 11) is 0. The van der Waals surface area contributed by atoms with Gasteiger partial charge in [0.25, 0.3) is 0 Å². The molecular formula is C19H21N5O. The van der Waals surface area contributed by atoms with Gasteiger partial charge in [0.1, 0.15) is 0 Å². The van der Waals surface area contributed by atoms with E-state index in [1.54, 1.807) is 18.7 Å². The third-order valence-electron chi connectivity index (χ3n) is 4.88. The lowest BCUT2D eigenvalue weighted by molar-refractivity contribution is -0.127. The number of hydrogen-bond acceptors (Lipinski definition) is 3. The van der Waals surface area contributed by atoms with E-state index in [0.717, 1.165) is 24.1 Å². The number of carbonyl (C=O) groups is 1. The van der Waals surface area contributed by atoms with Crippen LogP contribution in [0.4, 0.5) is 0 Å². The van der Waals surface area contributed by atoms with Crippen molar-refractivity contribution in [3.8, 4) is 5.69 Å². The molecule has 1 amide bonds. The van der Waals surface area contributed by atoms with Gasteiger partial charge in [-0.25, -0.2) is 9.67 Å². The summed E-state index contributed by atoms with van der Waals surface area (Å²) in [6, 6.07) is 9.83. The molecule has 1 aliphatic carbocycles. The van der Waals surface area contributed by atoms with Crippen molar-refractivity contribution in [3.05, 3.63) is 67.0 Å². The highest BCUT2D eigenvalue weighted by molar-refractivity contribution is 5.85. The second kappa shape index (κ2) is 6.20. The Morgan fingerprint density at radius 2 is 2.08 bits per heavy atom. The van der Waals surface area contributed by atoms with Gasteiger partial charge in [0, 0.05) is 31.3 Å². The fourth-order valence-electron chi connectivity index (χ4n) is 3.24. The summed E-state index contributed by atoms with van der Waals surface area (Å²) in [6.45, 7) is 2.71. The summed E-state index contributed by atoms with van der Waals surface area (Å²) in [4.78, 5) is 16.9. The third kappa shape index (κ3) is 3.07. The van der Waals surface area contributed by atoms with Crippen molar-refractivity contribution < 1.29 is 4.79 Å². The number of benzene rings is 1. The molecule has 1 saturated carbocycles. The van der Waals surface area contributed by atoms with Crippen LogP contribution in [0, 0.1) is 5.41 Å². The van der Waals surface area contributed by atoms with E-state index < -0.39 is 0 Å². The van der Waals surface area contributed by atoms with Gasteiger partial charge in [-0.2, -0.15) is 5.10 Å². The molecule has 0 spiro atoms. The van der Waals surface area contributed by atoms with Crippen molar-refractivity contribution in [2.45, 2.75) is 32.4 Å². The Balaban J connectivity index is 1.51. The van der Waals surface area contributed by atoms with E-state index in [4.69, 9.17) is 0 Å². The van der Waals surface area contributed by atoms with Crippen molar-refractivity contribution in [1.82, 2.24) is 24.6 Å². The van der Waals surface area contributed by atoms with Gasteiger partial charge < -0.3 is 9.88 Å². The minimum Gasteiger partial charge on any atom is -0.349 e. The lowest BCUT2D eigenvalue weighted by Crippen LogP contribution is -2.36. The number of imidazole rings is 1. The van der Waals surface area contributed by atoms with Crippen molar-refractivity contribution in [2.75, 3.05) is 0 Å². The second-order valence-corrected chi connectivity index (χ2v) is 6.72. The van der Waals surface area contributed by atoms with Crippen molar-refractivity contribution >= 4 is 5.91 Å². The van der Waals surface area contributed by atoms with Gasteiger partial charge in [0.2, 0.25) is 5.91 Å². The van der Waals surface area contributed by atoms with Crippen molar-refractivity contribution in [2.24, 2.45) is 5.41 Å². The van der Waals surface area contributed by atoms with Crippen molar-refractivity contribution in [1.29, 1.82) is 0 Å².